The number of anilines is 1. The summed E-state index contributed by atoms with van der Waals surface area (Å²) in [7, 11) is 3.84. The van der Waals surface area contributed by atoms with Gasteiger partial charge in [-0.1, -0.05) is 24.3 Å². The highest BCUT2D eigenvalue weighted by Crippen LogP contribution is 2.36. The predicted octanol–water partition coefficient (Wildman–Crippen LogP) is 2.73. The first kappa shape index (κ1) is 15.6. The second-order valence-electron chi connectivity index (χ2n) is 6.70. The van der Waals surface area contributed by atoms with Gasteiger partial charge in [0.2, 0.25) is 0 Å². The molecule has 4 rings (SSSR count). The number of fused-ring (bicyclic) bond motifs is 2. The minimum absolute atomic E-state index is 0.231. The minimum atomic E-state index is -0.271. The van der Waals surface area contributed by atoms with Crippen molar-refractivity contribution in [1.82, 2.24) is 9.80 Å². The molecule has 2 N–H and O–H groups in total. The fourth-order valence-electron chi connectivity index (χ4n) is 3.50. The summed E-state index contributed by atoms with van der Waals surface area (Å²) in [6.07, 6.45) is 0. The molecule has 3 aromatic carbocycles. The van der Waals surface area contributed by atoms with E-state index in [1.54, 1.807) is 6.07 Å². The number of amides is 2. The smallest absolute Gasteiger partial charge is 0.262 e. The van der Waals surface area contributed by atoms with Gasteiger partial charge in [-0.2, -0.15) is 0 Å². The number of likely N-dealkylation sites (N-methyl/N-ethyl adjacent to an activating group) is 1. The second-order valence-corrected chi connectivity index (χ2v) is 6.70. The Morgan fingerprint density at radius 1 is 1.00 bits per heavy atom. The van der Waals surface area contributed by atoms with Crippen LogP contribution < -0.4 is 5.73 Å². The van der Waals surface area contributed by atoms with Crippen LogP contribution >= 0.6 is 0 Å². The normalized spacial score (nSPS) is 14.1. The van der Waals surface area contributed by atoms with Crippen LogP contribution in [0, 0.1) is 0 Å². The summed E-state index contributed by atoms with van der Waals surface area (Å²) in [6, 6.07) is 13.3. The van der Waals surface area contributed by atoms with Crippen LogP contribution in [0.2, 0.25) is 0 Å². The number of nitrogens with two attached hydrogens (primary N) is 1. The molecule has 2 amide bonds. The first-order valence-corrected chi connectivity index (χ1v) is 8.23. The van der Waals surface area contributed by atoms with Crippen LogP contribution in [0.25, 0.3) is 21.5 Å². The van der Waals surface area contributed by atoms with Gasteiger partial charge in [0.25, 0.3) is 11.8 Å². The van der Waals surface area contributed by atoms with Gasteiger partial charge in [-0.25, -0.2) is 0 Å². The van der Waals surface area contributed by atoms with Crippen LogP contribution in [0.3, 0.4) is 0 Å². The molecule has 1 aliphatic heterocycles. The van der Waals surface area contributed by atoms with E-state index >= 15 is 0 Å². The van der Waals surface area contributed by atoms with E-state index in [1.165, 1.54) is 4.90 Å². The number of imide groups is 1. The molecule has 5 heteroatoms. The SMILES string of the molecule is CN(C)CCN1C(=O)c2cc(N)cc3cc4ccccc4c(c23)C1=O. The first-order chi connectivity index (χ1) is 12.0. The maximum absolute atomic E-state index is 13.2. The lowest BCUT2D eigenvalue weighted by Crippen LogP contribution is -2.43. The Labute approximate surface area is 145 Å². The van der Waals surface area contributed by atoms with Gasteiger partial charge >= 0.3 is 0 Å². The molecule has 0 atom stereocenters. The maximum atomic E-state index is 13.2. The summed E-state index contributed by atoms with van der Waals surface area (Å²) in [5, 5.41) is 3.38. The molecule has 0 unspecified atom stereocenters. The first-order valence-electron chi connectivity index (χ1n) is 8.23. The Bertz CT molecular complexity index is 1040. The van der Waals surface area contributed by atoms with E-state index in [1.807, 2.05) is 55.4 Å². The summed E-state index contributed by atoms with van der Waals surface area (Å²) < 4.78 is 0. The van der Waals surface area contributed by atoms with Crippen LogP contribution in [-0.2, 0) is 0 Å². The van der Waals surface area contributed by atoms with Crippen molar-refractivity contribution < 1.29 is 9.59 Å². The van der Waals surface area contributed by atoms with Crippen LogP contribution in [0.15, 0.2) is 42.5 Å². The van der Waals surface area contributed by atoms with Crippen molar-refractivity contribution in [1.29, 1.82) is 0 Å². The molecule has 1 aliphatic rings. The Kier molecular flexibility index (Phi) is 3.47. The van der Waals surface area contributed by atoms with Crippen molar-refractivity contribution in [2.75, 3.05) is 32.9 Å². The van der Waals surface area contributed by atoms with E-state index < -0.39 is 0 Å². The van der Waals surface area contributed by atoms with E-state index in [0.29, 0.717) is 35.3 Å². The molecule has 0 saturated carbocycles. The maximum Gasteiger partial charge on any atom is 0.262 e. The lowest BCUT2D eigenvalue weighted by molar-refractivity contribution is 0.0602. The van der Waals surface area contributed by atoms with Crippen molar-refractivity contribution in [3.8, 4) is 0 Å². The molecule has 3 aromatic rings. The van der Waals surface area contributed by atoms with Crippen molar-refractivity contribution in [3.05, 3.63) is 53.6 Å². The number of carbonyl (C=O) groups is 2. The molecule has 1 heterocycles. The third-order valence-corrected chi connectivity index (χ3v) is 4.69. The summed E-state index contributed by atoms with van der Waals surface area (Å²) >= 11 is 0. The van der Waals surface area contributed by atoms with Crippen molar-refractivity contribution in [2.24, 2.45) is 0 Å². The van der Waals surface area contributed by atoms with Crippen LogP contribution in [0.4, 0.5) is 5.69 Å². The molecule has 126 valence electrons. The summed E-state index contributed by atoms with van der Waals surface area (Å²) in [6.45, 7) is 0.965. The van der Waals surface area contributed by atoms with Crippen LogP contribution in [0.5, 0.6) is 0 Å². The summed E-state index contributed by atoms with van der Waals surface area (Å²) in [4.78, 5) is 29.4. The zero-order chi connectivity index (χ0) is 17.7. The number of hydrogen-bond donors (Lipinski definition) is 1. The number of benzene rings is 3. The zero-order valence-corrected chi connectivity index (χ0v) is 14.2. The quantitative estimate of drug-likeness (QED) is 0.455. The van der Waals surface area contributed by atoms with Gasteiger partial charge in [-0.3, -0.25) is 14.5 Å². The van der Waals surface area contributed by atoms with Crippen LogP contribution in [-0.4, -0.2) is 48.8 Å². The van der Waals surface area contributed by atoms with Crippen molar-refractivity contribution >= 4 is 39.0 Å². The zero-order valence-electron chi connectivity index (χ0n) is 14.2. The monoisotopic (exact) mass is 333 g/mol. The molecule has 0 saturated heterocycles. The lowest BCUT2D eigenvalue weighted by Gasteiger charge is -2.29. The van der Waals surface area contributed by atoms with Gasteiger partial charge in [0.15, 0.2) is 0 Å². The Balaban J connectivity index is 2.04. The molecule has 0 aromatic heterocycles. The molecule has 0 fully saturated rings. The van der Waals surface area contributed by atoms with Crippen molar-refractivity contribution in [2.45, 2.75) is 0 Å². The largest absolute Gasteiger partial charge is 0.399 e. The van der Waals surface area contributed by atoms with Gasteiger partial charge in [-0.15, -0.1) is 0 Å². The number of hydrogen-bond acceptors (Lipinski definition) is 4. The molecular weight excluding hydrogens is 314 g/mol. The molecule has 5 nitrogen and oxygen atoms in total. The van der Waals surface area contributed by atoms with Gasteiger partial charge in [0.05, 0.1) is 11.1 Å². The number of carbonyl (C=O) groups excluding carboxylic acids is 2. The lowest BCUT2D eigenvalue weighted by atomic mass is 9.89. The molecule has 0 bridgehead atoms. The highest BCUT2D eigenvalue weighted by molar-refractivity contribution is 6.30. The summed E-state index contributed by atoms with van der Waals surface area (Å²) in [5.74, 6) is -0.502. The minimum Gasteiger partial charge on any atom is -0.399 e. The van der Waals surface area contributed by atoms with Gasteiger partial charge in [0, 0.05) is 24.2 Å². The molecule has 0 spiro atoms. The summed E-state index contributed by atoms with van der Waals surface area (Å²) in [5.41, 5.74) is 7.65. The molecule has 0 radical (unpaired) electrons. The average molecular weight is 333 g/mol. The van der Waals surface area contributed by atoms with Gasteiger partial charge in [0.1, 0.15) is 0 Å². The third-order valence-electron chi connectivity index (χ3n) is 4.69. The van der Waals surface area contributed by atoms with E-state index in [2.05, 4.69) is 0 Å². The second kappa shape index (κ2) is 5.57. The van der Waals surface area contributed by atoms with E-state index in [-0.39, 0.29) is 11.8 Å². The number of nitrogen functional groups attached to an aromatic ring is 1. The standard InChI is InChI=1S/C20H19N3O2/c1-22(2)7-8-23-19(24)16-11-14(21)10-13-9-12-5-3-4-6-15(12)18(17(13)16)20(23)25/h3-6,9-11H,7-8,21H2,1-2H3. The highest BCUT2D eigenvalue weighted by atomic mass is 16.2. The molecular formula is C20H19N3O2. The van der Waals surface area contributed by atoms with E-state index in [9.17, 15) is 9.59 Å². The highest BCUT2D eigenvalue weighted by Gasteiger charge is 2.34. The van der Waals surface area contributed by atoms with Crippen LogP contribution in [0.1, 0.15) is 20.7 Å². The number of nitrogens with zero attached hydrogens (tertiary/aromatic N) is 2. The fourth-order valence-corrected chi connectivity index (χ4v) is 3.50. The Hall–Kier alpha value is -2.92. The topological polar surface area (TPSA) is 66.6 Å². The average Bonchev–Trinajstić information content (AvgIpc) is 2.57. The molecule has 25 heavy (non-hydrogen) atoms. The predicted molar refractivity (Wildman–Crippen MR) is 99.8 cm³/mol. The van der Waals surface area contributed by atoms with E-state index in [4.69, 9.17) is 5.73 Å². The van der Waals surface area contributed by atoms with E-state index in [0.717, 1.165) is 16.2 Å². The Morgan fingerprint density at radius 2 is 1.76 bits per heavy atom. The third kappa shape index (κ3) is 2.36. The molecule has 0 aliphatic carbocycles. The van der Waals surface area contributed by atoms with Crippen molar-refractivity contribution in [3.63, 3.8) is 0 Å². The Morgan fingerprint density at radius 3 is 2.52 bits per heavy atom. The van der Waals surface area contributed by atoms with Gasteiger partial charge in [-0.05, 0) is 48.5 Å². The number of rotatable bonds is 3. The van der Waals surface area contributed by atoms with Gasteiger partial charge < -0.3 is 10.6 Å². The fraction of sp³-hybridized carbons (Fsp3) is 0.200.